The molecule has 1 N–H and O–H groups in total. The molecular weight excluding hydrogens is 242 g/mol. The van der Waals surface area contributed by atoms with Crippen LogP contribution in [0.4, 0.5) is 0 Å². The molecule has 4 rings (SSSR count). The minimum atomic E-state index is 0.279. The van der Waals surface area contributed by atoms with Gasteiger partial charge in [-0.05, 0) is 32.2 Å². The van der Waals surface area contributed by atoms with Crippen molar-refractivity contribution < 1.29 is 4.52 Å². The summed E-state index contributed by atoms with van der Waals surface area (Å²) in [7, 11) is 0. The number of H-pyrrole nitrogens is 1. The summed E-state index contributed by atoms with van der Waals surface area (Å²) < 4.78 is 5.37. The van der Waals surface area contributed by atoms with Crippen molar-refractivity contribution in [2.45, 2.75) is 44.2 Å². The molecule has 2 fully saturated rings. The van der Waals surface area contributed by atoms with Crippen LogP contribution >= 0.6 is 0 Å². The van der Waals surface area contributed by atoms with Crippen LogP contribution in [-0.2, 0) is 6.54 Å². The van der Waals surface area contributed by atoms with E-state index >= 15 is 0 Å². The van der Waals surface area contributed by atoms with Crippen molar-refractivity contribution in [2.75, 3.05) is 6.54 Å². The summed E-state index contributed by atoms with van der Waals surface area (Å²) in [6, 6.07) is 0.279. The molecule has 1 atom stereocenters. The second-order valence-corrected chi connectivity index (χ2v) is 5.43. The molecule has 3 heterocycles. The number of rotatable bonds is 4. The maximum Gasteiger partial charge on any atom is 0.229 e. The fraction of sp³-hybridized carbons (Fsp3) is 0.615. The molecule has 6 heteroatoms. The first kappa shape index (κ1) is 11.2. The van der Waals surface area contributed by atoms with E-state index in [1.54, 1.807) is 6.20 Å². The van der Waals surface area contributed by atoms with Crippen LogP contribution in [0.25, 0.3) is 0 Å². The molecule has 0 aromatic carbocycles. The summed E-state index contributed by atoms with van der Waals surface area (Å²) in [5, 5.41) is 4.18. The highest BCUT2D eigenvalue weighted by atomic mass is 16.5. The Balaban J connectivity index is 1.51. The maximum atomic E-state index is 5.37. The quantitative estimate of drug-likeness (QED) is 0.909. The lowest BCUT2D eigenvalue weighted by atomic mass is 10.2. The fourth-order valence-corrected chi connectivity index (χ4v) is 2.76. The molecule has 19 heavy (non-hydrogen) atoms. The summed E-state index contributed by atoms with van der Waals surface area (Å²) in [6.07, 6.45) is 8.33. The molecule has 0 spiro atoms. The lowest BCUT2D eigenvalue weighted by Gasteiger charge is -2.20. The molecule has 100 valence electrons. The number of nitrogens with zero attached hydrogens (tertiary/aromatic N) is 4. The van der Waals surface area contributed by atoms with E-state index in [-0.39, 0.29) is 6.04 Å². The number of likely N-dealkylation sites (tertiary alicyclic amines) is 1. The summed E-state index contributed by atoms with van der Waals surface area (Å²) in [4.78, 5) is 14.4. The molecule has 0 radical (unpaired) electrons. The highest BCUT2D eigenvalue weighted by Gasteiger charge is 2.34. The Morgan fingerprint density at radius 2 is 2.32 bits per heavy atom. The molecule has 1 aliphatic carbocycles. The van der Waals surface area contributed by atoms with Crippen molar-refractivity contribution in [2.24, 2.45) is 0 Å². The fourth-order valence-electron chi connectivity index (χ4n) is 2.76. The van der Waals surface area contributed by atoms with Gasteiger partial charge in [-0.2, -0.15) is 4.98 Å². The van der Waals surface area contributed by atoms with Gasteiger partial charge in [0.1, 0.15) is 5.82 Å². The zero-order chi connectivity index (χ0) is 12.7. The number of nitrogens with one attached hydrogen (secondary N) is 1. The Kier molecular flexibility index (Phi) is 2.61. The second kappa shape index (κ2) is 4.45. The third-order valence-electron chi connectivity index (χ3n) is 3.95. The molecule has 0 bridgehead atoms. The average molecular weight is 259 g/mol. The summed E-state index contributed by atoms with van der Waals surface area (Å²) >= 11 is 0. The predicted molar refractivity (Wildman–Crippen MR) is 67.2 cm³/mol. The standard InChI is InChI=1S/C13H17N5O/c1-2-10(12-16-13(19-17-12)9-3-4-9)18(7-1)8-11-14-5-6-15-11/h5-6,9-10H,1-4,7-8H2,(H,14,15)/t10-/m1/s1. The zero-order valence-corrected chi connectivity index (χ0v) is 10.7. The van der Waals surface area contributed by atoms with Crippen molar-refractivity contribution in [1.29, 1.82) is 0 Å². The van der Waals surface area contributed by atoms with Gasteiger partial charge in [-0.25, -0.2) is 4.98 Å². The first-order valence-electron chi connectivity index (χ1n) is 6.96. The average Bonchev–Trinajstić information content (AvgIpc) is 2.89. The van der Waals surface area contributed by atoms with Crippen LogP contribution in [-0.4, -0.2) is 31.6 Å². The molecule has 2 aromatic heterocycles. The van der Waals surface area contributed by atoms with Crippen LogP contribution in [0.3, 0.4) is 0 Å². The van der Waals surface area contributed by atoms with Crippen LogP contribution in [0.15, 0.2) is 16.9 Å². The molecular formula is C13H17N5O. The highest BCUT2D eigenvalue weighted by molar-refractivity contribution is 5.05. The van der Waals surface area contributed by atoms with Crippen LogP contribution < -0.4 is 0 Å². The number of hydrogen-bond acceptors (Lipinski definition) is 5. The molecule has 6 nitrogen and oxygen atoms in total. The minimum Gasteiger partial charge on any atom is -0.348 e. The SMILES string of the molecule is c1c[nH]c(CN2CCC[C@@H]2c2noc(C3CC3)n2)n1. The Morgan fingerprint density at radius 1 is 1.37 bits per heavy atom. The Bertz CT molecular complexity index is 545. The van der Waals surface area contributed by atoms with E-state index in [0.717, 1.165) is 37.0 Å². The third-order valence-corrected chi connectivity index (χ3v) is 3.95. The Labute approximate surface area is 111 Å². The topological polar surface area (TPSA) is 70.8 Å². The van der Waals surface area contributed by atoms with E-state index in [9.17, 15) is 0 Å². The highest BCUT2D eigenvalue weighted by Crippen LogP contribution is 2.40. The van der Waals surface area contributed by atoms with Gasteiger partial charge in [0.05, 0.1) is 12.6 Å². The second-order valence-electron chi connectivity index (χ2n) is 5.43. The van der Waals surface area contributed by atoms with Gasteiger partial charge in [0.25, 0.3) is 0 Å². The lowest BCUT2D eigenvalue weighted by Crippen LogP contribution is -2.24. The predicted octanol–water partition coefficient (Wildman–Crippen LogP) is 2.01. The van der Waals surface area contributed by atoms with Crippen LogP contribution in [0.1, 0.15) is 55.2 Å². The van der Waals surface area contributed by atoms with Crippen molar-refractivity contribution in [1.82, 2.24) is 25.0 Å². The third kappa shape index (κ3) is 2.16. The van der Waals surface area contributed by atoms with Gasteiger partial charge >= 0.3 is 0 Å². The van der Waals surface area contributed by atoms with Gasteiger partial charge in [-0.3, -0.25) is 4.90 Å². The molecule has 1 saturated heterocycles. The smallest absolute Gasteiger partial charge is 0.229 e. The van der Waals surface area contributed by atoms with Crippen molar-refractivity contribution in [3.8, 4) is 0 Å². The van der Waals surface area contributed by atoms with Crippen molar-refractivity contribution >= 4 is 0 Å². The largest absolute Gasteiger partial charge is 0.348 e. The molecule has 2 aromatic rings. The summed E-state index contributed by atoms with van der Waals surface area (Å²) in [6.45, 7) is 1.89. The number of aromatic amines is 1. The van der Waals surface area contributed by atoms with Gasteiger partial charge in [-0.15, -0.1) is 0 Å². The van der Waals surface area contributed by atoms with E-state index < -0.39 is 0 Å². The van der Waals surface area contributed by atoms with E-state index in [2.05, 4.69) is 25.0 Å². The molecule has 0 amide bonds. The number of aromatic nitrogens is 4. The van der Waals surface area contributed by atoms with Gasteiger partial charge in [0.2, 0.25) is 5.89 Å². The lowest BCUT2D eigenvalue weighted by molar-refractivity contribution is 0.229. The zero-order valence-electron chi connectivity index (χ0n) is 10.7. The van der Waals surface area contributed by atoms with Crippen LogP contribution in [0.2, 0.25) is 0 Å². The minimum absolute atomic E-state index is 0.279. The summed E-state index contributed by atoms with van der Waals surface area (Å²) in [5.74, 6) is 3.21. The number of imidazole rings is 1. The molecule has 1 aliphatic heterocycles. The van der Waals surface area contributed by atoms with Crippen LogP contribution in [0.5, 0.6) is 0 Å². The Hall–Kier alpha value is -1.69. The van der Waals surface area contributed by atoms with E-state index in [1.165, 1.54) is 19.3 Å². The van der Waals surface area contributed by atoms with Gasteiger partial charge in [-0.1, -0.05) is 5.16 Å². The normalized spacial score (nSPS) is 24.1. The monoisotopic (exact) mass is 259 g/mol. The molecule has 1 saturated carbocycles. The van der Waals surface area contributed by atoms with Crippen LogP contribution in [0, 0.1) is 0 Å². The number of hydrogen-bond donors (Lipinski definition) is 1. The maximum absolute atomic E-state index is 5.37. The first-order chi connectivity index (χ1) is 9.40. The van der Waals surface area contributed by atoms with Crippen molar-refractivity contribution in [3.63, 3.8) is 0 Å². The van der Waals surface area contributed by atoms with Gasteiger partial charge < -0.3 is 9.51 Å². The van der Waals surface area contributed by atoms with E-state index in [0.29, 0.717) is 5.92 Å². The van der Waals surface area contributed by atoms with E-state index in [1.807, 2.05) is 6.20 Å². The molecule has 2 aliphatic rings. The summed E-state index contributed by atoms with van der Waals surface area (Å²) in [5.41, 5.74) is 0. The Morgan fingerprint density at radius 3 is 3.11 bits per heavy atom. The van der Waals surface area contributed by atoms with Gasteiger partial charge in [0.15, 0.2) is 5.82 Å². The van der Waals surface area contributed by atoms with Gasteiger partial charge in [0, 0.05) is 18.3 Å². The van der Waals surface area contributed by atoms with Crippen molar-refractivity contribution in [3.05, 3.63) is 29.9 Å². The first-order valence-corrected chi connectivity index (χ1v) is 6.96. The van der Waals surface area contributed by atoms with E-state index in [4.69, 9.17) is 4.52 Å². The molecule has 0 unspecified atom stereocenters.